The lowest BCUT2D eigenvalue weighted by Gasteiger charge is -2.21. The molecule has 0 saturated carbocycles. The van der Waals surface area contributed by atoms with Crippen LogP contribution >= 0.6 is 0 Å². The summed E-state index contributed by atoms with van der Waals surface area (Å²) in [5.74, 6) is 0.109. The second-order valence-corrected chi connectivity index (χ2v) is 4.55. The van der Waals surface area contributed by atoms with Gasteiger partial charge in [0, 0.05) is 6.42 Å². The van der Waals surface area contributed by atoms with Crippen molar-refractivity contribution in [3.8, 4) is 17.2 Å². The van der Waals surface area contributed by atoms with Crippen molar-refractivity contribution in [2.75, 3.05) is 26.9 Å². The average molecular weight is 294 g/mol. The molecule has 1 aromatic carbocycles. The molecule has 0 amide bonds. The number of cyclic esters (lactones) is 1. The smallest absolute Gasteiger partial charge is 0.347 e. The van der Waals surface area contributed by atoms with Crippen molar-refractivity contribution in [2.45, 2.75) is 12.5 Å². The Labute approximate surface area is 120 Å². The highest BCUT2D eigenvalue weighted by Crippen LogP contribution is 2.40. The number of fused-ring (bicyclic) bond motifs is 1. The molecule has 7 nitrogen and oxygen atoms in total. The van der Waals surface area contributed by atoms with Crippen LogP contribution in [0.5, 0.6) is 17.2 Å². The molecule has 0 radical (unpaired) electrons. The molecule has 1 saturated heterocycles. The molecule has 112 valence electrons. The zero-order valence-electron chi connectivity index (χ0n) is 11.4. The number of methoxy groups -OCH3 is 1. The summed E-state index contributed by atoms with van der Waals surface area (Å²) >= 11 is 0. The molecule has 0 bridgehead atoms. The Kier molecular flexibility index (Phi) is 3.55. The summed E-state index contributed by atoms with van der Waals surface area (Å²) in [5.41, 5.74) is 0.232. The Hall–Kier alpha value is -2.44. The fourth-order valence-electron chi connectivity index (χ4n) is 2.17. The second-order valence-electron chi connectivity index (χ2n) is 4.55. The van der Waals surface area contributed by atoms with Crippen LogP contribution in [-0.2, 0) is 14.3 Å². The van der Waals surface area contributed by atoms with Gasteiger partial charge in [0.25, 0.3) is 0 Å². The molecule has 0 N–H and O–H groups in total. The Morgan fingerprint density at radius 2 is 2.00 bits per heavy atom. The Morgan fingerprint density at radius 1 is 1.19 bits per heavy atom. The maximum absolute atomic E-state index is 12.1. The number of carbonyl (C=O) groups excluding carboxylic acids is 2. The first-order chi connectivity index (χ1) is 10.2. The van der Waals surface area contributed by atoms with Crippen molar-refractivity contribution >= 4 is 11.9 Å². The number of rotatable bonds is 3. The van der Waals surface area contributed by atoms with Gasteiger partial charge in [0.05, 0.1) is 19.3 Å². The highest BCUT2D eigenvalue weighted by molar-refractivity contribution is 5.93. The van der Waals surface area contributed by atoms with Crippen LogP contribution in [0, 0.1) is 0 Å². The van der Waals surface area contributed by atoms with Crippen LogP contribution in [-0.4, -0.2) is 45.0 Å². The van der Waals surface area contributed by atoms with Crippen LogP contribution in [0.3, 0.4) is 0 Å². The molecule has 1 fully saturated rings. The molecule has 1 aromatic rings. The van der Waals surface area contributed by atoms with Gasteiger partial charge in [-0.15, -0.1) is 0 Å². The van der Waals surface area contributed by atoms with E-state index in [-0.39, 0.29) is 12.2 Å². The fraction of sp³-hybridized carbons (Fsp3) is 0.429. The van der Waals surface area contributed by atoms with E-state index < -0.39 is 18.0 Å². The third kappa shape index (κ3) is 2.58. The fourth-order valence-corrected chi connectivity index (χ4v) is 2.17. The van der Waals surface area contributed by atoms with Crippen LogP contribution in [0.15, 0.2) is 12.1 Å². The first kappa shape index (κ1) is 13.5. The molecule has 2 aliphatic heterocycles. The number of carbonyl (C=O) groups is 2. The quantitative estimate of drug-likeness (QED) is 0.767. The van der Waals surface area contributed by atoms with Gasteiger partial charge in [-0.05, 0) is 12.1 Å². The summed E-state index contributed by atoms with van der Waals surface area (Å²) in [6, 6.07) is 3.01. The summed E-state index contributed by atoms with van der Waals surface area (Å²) in [4.78, 5) is 23.4. The largest absolute Gasteiger partial charge is 0.493 e. The first-order valence-corrected chi connectivity index (χ1v) is 6.54. The number of esters is 2. The van der Waals surface area contributed by atoms with Gasteiger partial charge < -0.3 is 23.7 Å². The van der Waals surface area contributed by atoms with E-state index in [4.69, 9.17) is 23.7 Å². The maximum Gasteiger partial charge on any atom is 0.347 e. The number of hydrogen-bond acceptors (Lipinski definition) is 7. The molecule has 3 rings (SSSR count). The summed E-state index contributed by atoms with van der Waals surface area (Å²) in [7, 11) is 1.47. The lowest BCUT2D eigenvalue weighted by Crippen LogP contribution is -2.23. The molecule has 0 spiro atoms. The molecular weight excluding hydrogens is 280 g/mol. The van der Waals surface area contributed by atoms with Crippen molar-refractivity contribution in [3.63, 3.8) is 0 Å². The highest BCUT2D eigenvalue weighted by atomic mass is 16.6. The zero-order chi connectivity index (χ0) is 14.8. The Morgan fingerprint density at radius 3 is 2.71 bits per heavy atom. The Bertz CT molecular complexity index is 564. The van der Waals surface area contributed by atoms with Gasteiger partial charge in [0.15, 0.2) is 11.5 Å². The van der Waals surface area contributed by atoms with E-state index in [9.17, 15) is 9.59 Å². The molecule has 1 atom stereocenters. The standard InChI is InChI=1S/C14H14O7/c1-17-10-6-8(7-11-12(10)19-5-4-18-11)13(15)21-9-2-3-20-14(9)16/h6-7,9H,2-5H2,1H3/t9-/m1/s1. The molecule has 21 heavy (non-hydrogen) atoms. The van der Waals surface area contributed by atoms with Gasteiger partial charge >= 0.3 is 11.9 Å². The maximum atomic E-state index is 12.1. The molecule has 2 heterocycles. The minimum Gasteiger partial charge on any atom is -0.493 e. The van der Waals surface area contributed by atoms with E-state index in [0.29, 0.717) is 36.9 Å². The van der Waals surface area contributed by atoms with Gasteiger partial charge in [-0.2, -0.15) is 0 Å². The third-order valence-electron chi connectivity index (χ3n) is 3.20. The van der Waals surface area contributed by atoms with Crippen molar-refractivity contribution in [2.24, 2.45) is 0 Å². The number of hydrogen-bond donors (Lipinski definition) is 0. The molecule has 7 heteroatoms. The number of benzene rings is 1. The van der Waals surface area contributed by atoms with Crippen LogP contribution in [0.2, 0.25) is 0 Å². The normalized spacial score (nSPS) is 19.9. The van der Waals surface area contributed by atoms with Gasteiger partial charge in [0.1, 0.15) is 13.2 Å². The van der Waals surface area contributed by atoms with Crippen LogP contribution < -0.4 is 14.2 Å². The topological polar surface area (TPSA) is 80.3 Å². The van der Waals surface area contributed by atoms with E-state index >= 15 is 0 Å². The van der Waals surface area contributed by atoms with E-state index in [2.05, 4.69) is 0 Å². The molecule has 0 aliphatic carbocycles. The summed E-state index contributed by atoms with van der Waals surface area (Å²) in [6.45, 7) is 1.08. The lowest BCUT2D eigenvalue weighted by atomic mass is 10.1. The van der Waals surface area contributed by atoms with E-state index in [0.717, 1.165) is 0 Å². The van der Waals surface area contributed by atoms with Gasteiger partial charge in [-0.25, -0.2) is 9.59 Å². The van der Waals surface area contributed by atoms with Crippen molar-refractivity contribution in [3.05, 3.63) is 17.7 Å². The number of ether oxygens (including phenoxy) is 5. The monoisotopic (exact) mass is 294 g/mol. The predicted octanol–water partition coefficient (Wildman–Crippen LogP) is 0.939. The molecule has 2 aliphatic rings. The van der Waals surface area contributed by atoms with E-state index in [1.165, 1.54) is 19.2 Å². The Balaban J connectivity index is 1.84. The lowest BCUT2D eigenvalue weighted by molar-refractivity contribution is -0.145. The molecule has 0 aromatic heterocycles. The average Bonchev–Trinajstić information content (AvgIpc) is 2.91. The summed E-state index contributed by atoms with van der Waals surface area (Å²) in [5, 5.41) is 0. The van der Waals surface area contributed by atoms with Crippen LogP contribution in [0.1, 0.15) is 16.8 Å². The van der Waals surface area contributed by atoms with Gasteiger partial charge in [-0.1, -0.05) is 0 Å². The minimum atomic E-state index is -0.850. The minimum absolute atomic E-state index is 0.232. The summed E-state index contributed by atoms with van der Waals surface area (Å²) < 4.78 is 26.0. The highest BCUT2D eigenvalue weighted by Gasteiger charge is 2.31. The van der Waals surface area contributed by atoms with E-state index in [1.54, 1.807) is 0 Å². The van der Waals surface area contributed by atoms with Crippen molar-refractivity contribution in [1.29, 1.82) is 0 Å². The summed E-state index contributed by atoms with van der Waals surface area (Å²) in [6.07, 6.45) is -0.483. The van der Waals surface area contributed by atoms with Crippen molar-refractivity contribution < 1.29 is 33.3 Å². The SMILES string of the molecule is COc1cc(C(=O)O[C@@H]2CCOC2=O)cc2c1OCCO2. The zero-order valence-corrected chi connectivity index (χ0v) is 11.4. The molecular formula is C14H14O7. The second kappa shape index (κ2) is 5.51. The van der Waals surface area contributed by atoms with Gasteiger partial charge in [0.2, 0.25) is 11.9 Å². The van der Waals surface area contributed by atoms with Crippen molar-refractivity contribution in [1.82, 2.24) is 0 Å². The predicted molar refractivity (Wildman–Crippen MR) is 68.8 cm³/mol. The van der Waals surface area contributed by atoms with E-state index in [1.807, 2.05) is 0 Å². The van der Waals surface area contributed by atoms with Crippen LogP contribution in [0.25, 0.3) is 0 Å². The molecule has 0 unspecified atom stereocenters. The first-order valence-electron chi connectivity index (χ1n) is 6.54. The third-order valence-corrected chi connectivity index (χ3v) is 3.20. The van der Waals surface area contributed by atoms with Crippen LogP contribution in [0.4, 0.5) is 0 Å². The van der Waals surface area contributed by atoms with Gasteiger partial charge in [-0.3, -0.25) is 0 Å².